The summed E-state index contributed by atoms with van der Waals surface area (Å²) in [6.45, 7) is 0. The van der Waals surface area contributed by atoms with Gasteiger partial charge in [0.25, 0.3) is 0 Å². The van der Waals surface area contributed by atoms with Crippen LogP contribution in [0.4, 0.5) is 10.1 Å². The Balaban J connectivity index is 2.18. The van der Waals surface area contributed by atoms with E-state index >= 15 is 0 Å². The van der Waals surface area contributed by atoms with Gasteiger partial charge in [-0.1, -0.05) is 12.1 Å². The first kappa shape index (κ1) is 11.3. The summed E-state index contributed by atoms with van der Waals surface area (Å²) in [5.74, 6) is -0.0461. The Morgan fingerprint density at radius 3 is 2.81 bits per heavy atom. The molecule has 2 nitrogen and oxygen atoms in total. The summed E-state index contributed by atoms with van der Waals surface area (Å²) in [7, 11) is -1.10. The van der Waals surface area contributed by atoms with Crippen LogP contribution in [0.3, 0.4) is 0 Å². The molecule has 0 aliphatic rings. The molecule has 1 aromatic heterocycles. The monoisotopic (exact) mass is 255 g/mol. The van der Waals surface area contributed by atoms with Gasteiger partial charge in [0.2, 0.25) is 0 Å². The van der Waals surface area contributed by atoms with Gasteiger partial charge in [-0.05, 0) is 29.1 Å². The molecule has 0 aliphatic carbocycles. The van der Waals surface area contributed by atoms with Gasteiger partial charge >= 0.3 is 0 Å². The van der Waals surface area contributed by atoms with E-state index in [2.05, 4.69) is 0 Å². The highest BCUT2D eigenvalue weighted by Gasteiger charge is 2.08. The summed E-state index contributed by atoms with van der Waals surface area (Å²) < 4.78 is 25.5. The van der Waals surface area contributed by atoms with Crippen molar-refractivity contribution in [2.24, 2.45) is 0 Å². The smallest absolute Gasteiger partial charge is 0.125 e. The van der Waals surface area contributed by atoms with Gasteiger partial charge in [-0.15, -0.1) is 11.3 Å². The fraction of sp³-hybridized carbons (Fsp3) is 0.0909. The number of halogens is 1. The van der Waals surface area contributed by atoms with Crippen molar-refractivity contribution in [3.05, 3.63) is 47.1 Å². The van der Waals surface area contributed by atoms with Crippen LogP contribution in [-0.4, -0.2) is 4.21 Å². The topological polar surface area (TPSA) is 43.1 Å². The van der Waals surface area contributed by atoms with Crippen LogP contribution in [0.1, 0.15) is 5.56 Å². The molecule has 0 saturated carbocycles. The minimum absolute atomic E-state index is 0.326. The van der Waals surface area contributed by atoms with Crippen molar-refractivity contribution < 1.29 is 8.60 Å². The first-order valence-electron chi connectivity index (χ1n) is 4.62. The van der Waals surface area contributed by atoms with Crippen LogP contribution in [-0.2, 0) is 16.6 Å². The molecule has 1 atom stereocenters. The van der Waals surface area contributed by atoms with E-state index < -0.39 is 10.8 Å². The number of benzene rings is 1. The summed E-state index contributed by atoms with van der Waals surface area (Å²) in [6.07, 6.45) is 0. The second-order valence-electron chi connectivity index (χ2n) is 3.27. The van der Waals surface area contributed by atoms with Crippen LogP contribution < -0.4 is 5.73 Å². The number of nitrogen functional groups attached to an aromatic ring is 1. The van der Waals surface area contributed by atoms with Crippen LogP contribution in [0.25, 0.3) is 0 Å². The maximum Gasteiger partial charge on any atom is 0.125 e. The lowest BCUT2D eigenvalue weighted by Gasteiger charge is -2.04. The summed E-state index contributed by atoms with van der Waals surface area (Å²) in [5, 5.41) is 1.88. The van der Waals surface area contributed by atoms with Gasteiger partial charge in [-0.2, -0.15) is 0 Å². The van der Waals surface area contributed by atoms with E-state index in [1.165, 1.54) is 23.5 Å². The van der Waals surface area contributed by atoms with Gasteiger partial charge in [0.15, 0.2) is 0 Å². The lowest BCUT2D eigenvalue weighted by molar-refractivity contribution is 0.628. The maximum absolute atomic E-state index is 12.8. The SMILES string of the molecule is Nc1cc(F)ccc1CS(=O)c1cccs1. The standard InChI is InChI=1S/C11H10FNOS2/c12-9-4-3-8(10(13)6-9)7-16(14)11-2-1-5-15-11/h1-6H,7,13H2. The molecule has 2 aromatic rings. The van der Waals surface area contributed by atoms with Crippen LogP contribution in [0.2, 0.25) is 0 Å². The van der Waals surface area contributed by atoms with Crippen molar-refractivity contribution in [3.8, 4) is 0 Å². The quantitative estimate of drug-likeness (QED) is 0.857. The molecule has 2 rings (SSSR count). The summed E-state index contributed by atoms with van der Waals surface area (Å²) in [4.78, 5) is 0. The second kappa shape index (κ2) is 4.76. The third-order valence-corrected chi connectivity index (χ3v) is 4.78. The predicted octanol–water partition coefficient (Wildman–Crippen LogP) is 2.78. The molecule has 0 bridgehead atoms. The maximum atomic E-state index is 12.8. The molecule has 84 valence electrons. The Morgan fingerprint density at radius 2 is 2.19 bits per heavy atom. The van der Waals surface area contributed by atoms with Crippen LogP contribution in [0.5, 0.6) is 0 Å². The molecule has 2 N–H and O–H groups in total. The average molecular weight is 255 g/mol. The first-order chi connectivity index (χ1) is 7.66. The average Bonchev–Trinajstić information content (AvgIpc) is 2.75. The fourth-order valence-corrected chi connectivity index (χ4v) is 3.44. The van der Waals surface area contributed by atoms with Gasteiger partial charge < -0.3 is 5.73 Å². The summed E-state index contributed by atoms with van der Waals surface area (Å²) in [6, 6.07) is 7.83. The summed E-state index contributed by atoms with van der Waals surface area (Å²) >= 11 is 1.44. The molecule has 1 heterocycles. The predicted molar refractivity (Wildman–Crippen MR) is 65.2 cm³/mol. The zero-order valence-electron chi connectivity index (χ0n) is 8.35. The van der Waals surface area contributed by atoms with E-state index in [0.717, 1.165) is 4.21 Å². The van der Waals surface area contributed by atoms with Crippen molar-refractivity contribution in [2.75, 3.05) is 5.73 Å². The van der Waals surface area contributed by atoms with Crippen molar-refractivity contribution in [2.45, 2.75) is 9.96 Å². The molecule has 0 amide bonds. The van der Waals surface area contributed by atoms with Crippen molar-refractivity contribution in [1.82, 2.24) is 0 Å². The normalized spacial score (nSPS) is 12.6. The Morgan fingerprint density at radius 1 is 1.38 bits per heavy atom. The number of rotatable bonds is 3. The van der Waals surface area contributed by atoms with Crippen LogP contribution in [0.15, 0.2) is 39.9 Å². The number of nitrogens with two attached hydrogens (primary N) is 1. The minimum Gasteiger partial charge on any atom is -0.398 e. The summed E-state index contributed by atoms with van der Waals surface area (Å²) in [5.41, 5.74) is 6.72. The Labute approximate surface area is 99.4 Å². The Hall–Kier alpha value is -1.20. The second-order valence-corrected chi connectivity index (χ2v) is 5.89. The van der Waals surface area contributed by atoms with E-state index in [0.29, 0.717) is 17.0 Å². The van der Waals surface area contributed by atoms with Gasteiger partial charge in [0.05, 0.1) is 20.8 Å². The highest BCUT2D eigenvalue weighted by Crippen LogP contribution is 2.21. The van der Waals surface area contributed by atoms with E-state index in [1.807, 2.05) is 17.5 Å². The van der Waals surface area contributed by atoms with Gasteiger partial charge in [0.1, 0.15) is 5.82 Å². The molecule has 0 saturated heterocycles. The lowest BCUT2D eigenvalue weighted by atomic mass is 10.2. The molecule has 0 fully saturated rings. The molecule has 16 heavy (non-hydrogen) atoms. The van der Waals surface area contributed by atoms with E-state index in [4.69, 9.17) is 5.73 Å². The van der Waals surface area contributed by atoms with Gasteiger partial charge in [-0.25, -0.2) is 4.39 Å². The van der Waals surface area contributed by atoms with E-state index in [1.54, 1.807) is 6.07 Å². The Kier molecular flexibility index (Phi) is 3.36. The zero-order valence-corrected chi connectivity index (χ0v) is 9.98. The first-order valence-corrected chi connectivity index (χ1v) is 6.82. The Bertz CT molecular complexity index is 511. The largest absolute Gasteiger partial charge is 0.398 e. The highest BCUT2D eigenvalue weighted by molar-refractivity contribution is 7.86. The van der Waals surface area contributed by atoms with Crippen molar-refractivity contribution in [3.63, 3.8) is 0 Å². The van der Waals surface area contributed by atoms with E-state index in [-0.39, 0.29) is 5.82 Å². The molecule has 1 aromatic carbocycles. The number of hydrogen-bond acceptors (Lipinski definition) is 3. The molecule has 5 heteroatoms. The van der Waals surface area contributed by atoms with Gasteiger partial charge in [0, 0.05) is 5.69 Å². The lowest BCUT2D eigenvalue weighted by Crippen LogP contribution is -1.99. The van der Waals surface area contributed by atoms with Crippen molar-refractivity contribution in [1.29, 1.82) is 0 Å². The molecule has 0 aliphatic heterocycles. The molecular weight excluding hydrogens is 245 g/mol. The third-order valence-electron chi connectivity index (χ3n) is 2.11. The van der Waals surface area contributed by atoms with Gasteiger partial charge in [-0.3, -0.25) is 4.21 Å². The zero-order chi connectivity index (χ0) is 11.5. The molecule has 1 unspecified atom stereocenters. The van der Waals surface area contributed by atoms with Crippen molar-refractivity contribution >= 4 is 27.8 Å². The van der Waals surface area contributed by atoms with E-state index in [9.17, 15) is 8.60 Å². The molecule has 0 radical (unpaired) electrons. The minimum atomic E-state index is -1.10. The highest BCUT2D eigenvalue weighted by atomic mass is 32.2. The molecule has 0 spiro atoms. The fourth-order valence-electron chi connectivity index (χ4n) is 1.30. The number of thiophene rings is 1. The van der Waals surface area contributed by atoms with Crippen LogP contribution >= 0.6 is 11.3 Å². The molecular formula is C11H10FNOS2. The number of anilines is 1. The third kappa shape index (κ3) is 2.48. The van der Waals surface area contributed by atoms with Crippen LogP contribution in [0, 0.1) is 5.82 Å². The number of hydrogen-bond donors (Lipinski definition) is 1.